The van der Waals surface area contributed by atoms with Gasteiger partial charge in [0.1, 0.15) is 6.04 Å². The van der Waals surface area contributed by atoms with Crippen molar-refractivity contribution in [2.45, 2.75) is 65.0 Å². The molecule has 4 N–H and O–H groups in total. The number of carbonyl (C=O) groups is 5. The van der Waals surface area contributed by atoms with Crippen molar-refractivity contribution in [2.24, 2.45) is 0 Å². The van der Waals surface area contributed by atoms with Crippen LogP contribution in [0.4, 0.5) is 5.69 Å². The van der Waals surface area contributed by atoms with Crippen molar-refractivity contribution in [3.63, 3.8) is 0 Å². The van der Waals surface area contributed by atoms with E-state index in [1.807, 2.05) is 32.9 Å². The first kappa shape index (κ1) is 25.8. The Labute approximate surface area is 182 Å². The second kappa shape index (κ2) is 11.2. The summed E-state index contributed by atoms with van der Waals surface area (Å²) in [4.78, 5) is 60.7. The molecule has 0 spiro atoms. The highest BCUT2D eigenvalue weighted by atomic mass is 16.2. The summed E-state index contributed by atoms with van der Waals surface area (Å²) < 4.78 is 0. The molecule has 9 nitrogen and oxygen atoms in total. The average Bonchev–Trinajstić information content (AvgIpc) is 2.71. The Morgan fingerprint density at radius 1 is 0.968 bits per heavy atom. The number of anilines is 1. The molecule has 0 bridgehead atoms. The Bertz CT molecular complexity index is 845. The molecule has 170 valence electrons. The predicted octanol–water partition coefficient (Wildman–Crippen LogP) is 1.03. The number of rotatable bonds is 8. The van der Waals surface area contributed by atoms with E-state index in [1.54, 1.807) is 19.1 Å². The van der Waals surface area contributed by atoms with E-state index in [1.165, 1.54) is 14.0 Å². The van der Waals surface area contributed by atoms with Crippen LogP contribution in [-0.2, 0) is 29.4 Å². The molecular formula is C22H32N4O5. The summed E-state index contributed by atoms with van der Waals surface area (Å²) >= 11 is 0. The van der Waals surface area contributed by atoms with E-state index in [4.69, 9.17) is 0 Å². The fourth-order valence-electron chi connectivity index (χ4n) is 2.83. The van der Waals surface area contributed by atoms with Gasteiger partial charge in [0.15, 0.2) is 5.78 Å². The number of carbonyl (C=O) groups excluding carboxylic acids is 5. The van der Waals surface area contributed by atoms with Crippen molar-refractivity contribution in [3.8, 4) is 0 Å². The lowest BCUT2D eigenvalue weighted by Gasteiger charge is -2.23. The van der Waals surface area contributed by atoms with Crippen molar-refractivity contribution in [1.29, 1.82) is 0 Å². The van der Waals surface area contributed by atoms with Gasteiger partial charge in [0, 0.05) is 19.2 Å². The van der Waals surface area contributed by atoms with E-state index < -0.39 is 35.7 Å². The third kappa shape index (κ3) is 7.84. The summed E-state index contributed by atoms with van der Waals surface area (Å²) in [5, 5.41) is 9.74. The summed E-state index contributed by atoms with van der Waals surface area (Å²) in [7, 11) is 1.43. The molecule has 0 aromatic heterocycles. The van der Waals surface area contributed by atoms with Crippen molar-refractivity contribution in [1.82, 2.24) is 16.0 Å². The van der Waals surface area contributed by atoms with Crippen LogP contribution in [0, 0.1) is 0 Å². The molecule has 0 aliphatic rings. The molecule has 0 aliphatic heterocycles. The summed E-state index contributed by atoms with van der Waals surface area (Å²) in [5.41, 5.74) is 1.11. The van der Waals surface area contributed by atoms with E-state index in [0.717, 1.165) is 5.56 Å². The van der Waals surface area contributed by atoms with Crippen LogP contribution < -0.4 is 21.3 Å². The predicted molar refractivity (Wildman–Crippen MR) is 117 cm³/mol. The van der Waals surface area contributed by atoms with E-state index in [9.17, 15) is 24.0 Å². The number of ketones is 1. The number of benzene rings is 1. The fourth-order valence-corrected chi connectivity index (χ4v) is 2.83. The van der Waals surface area contributed by atoms with Crippen LogP contribution in [0.3, 0.4) is 0 Å². The van der Waals surface area contributed by atoms with Gasteiger partial charge in [-0.15, -0.1) is 0 Å². The van der Waals surface area contributed by atoms with Crippen molar-refractivity contribution < 1.29 is 24.0 Å². The maximum atomic E-state index is 12.4. The van der Waals surface area contributed by atoms with Gasteiger partial charge in [-0.25, -0.2) is 0 Å². The standard InChI is InChI=1S/C22H32N4O5/c1-7-17(27)16(12-18(28)23-6)26-19(29)13(2)24-20(30)21(31)25-15-11-9-8-10-14(15)22(3,4)5/h8-11,13,16H,7,12H2,1-6H3,(H,23,28)(H,24,30)(H,25,31)(H,26,29)/t13-,16-/m0/s1. The zero-order valence-electron chi connectivity index (χ0n) is 18.9. The average molecular weight is 433 g/mol. The van der Waals surface area contributed by atoms with Crippen LogP contribution >= 0.6 is 0 Å². The Morgan fingerprint density at radius 3 is 2.13 bits per heavy atom. The number of amides is 4. The minimum atomic E-state index is -1.09. The molecule has 31 heavy (non-hydrogen) atoms. The summed E-state index contributed by atoms with van der Waals surface area (Å²) in [6.07, 6.45) is -0.0715. The van der Waals surface area contributed by atoms with Gasteiger partial charge in [-0.05, 0) is 24.0 Å². The molecule has 4 amide bonds. The highest BCUT2D eigenvalue weighted by Gasteiger charge is 2.27. The van der Waals surface area contributed by atoms with Gasteiger partial charge in [-0.3, -0.25) is 24.0 Å². The molecule has 2 atom stereocenters. The minimum Gasteiger partial charge on any atom is -0.359 e. The second-order valence-corrected chi connectivity index (χ2v) is 8.20. The molecule has 0 aliphatic carbocycles. The summed E-state index contributed by atoms with van der Waals surface area (Å²) in [6, 6.07) is 5.05. The SMILES string of the molecule is CCC(=O)[C@H](CC(=O)NC)NC(=O)[C@H](C)NC(=O)C(=O)Nc1ccccc1C(C)(C)C. The molecule has 9 heteroatoms. The van der Waals surface area contributed by atoms with Gasteiger partial charge in [-0.1, -0.05) is 45.9 Å². The van der Waals surface area contributed by atoms with Gasteiger partial charge >= 0.3 is 11.8 Å². The first-order valence-electron chi connectivity index (χ1n) is 10.2. The maximum Gasteiger partial charge on any atom is 0.313 e. The van der Waals surface area contributed by atoms with Crippen molar-refractivity contribution in [2.75, 3.05) is 12.4 Å². The van der Waals surface area contributed by atoms with Crippen LogP contribution in [0.15, 0.2) is 24.3 Å². The Hall–Kier alpha value is -3.23. The Morgan fingerprint density at radius 2 is 1.58 bits per heavy atom. The molecule has 1 aromatic carbocycles. The quantitative estimate of drug-likeness (QED) is 0.455. The van der Waals surface area contributed by atoms with E-state index in [-0.39, 0.29) is 24.0 Å². The largest absolute Gasteiger partial charge is 0.359 e. The van der Waals surface area contributed by atoms with E-state index in [2.05, 4.69) is 21.3 Å². The van der Waals surface area contributed by atoms with Crippen LogP contribution in [0.25, 0.3) is 0 Å². The highest BCUT2D eigenvalue weighted by Crippen LogP contribution is 2.29. The molecule has 0 fully saturated rings. The topological polar surface area (TPSA) is 133 Å². The first-order chi connectivity index (χ1) is 14.4. The third-order valence-corrected chi connectivity index (χ3v) is 4.65. The molecule has 1 aromatic rings. The summed E-state index contributed by atoms with van der Waals surface area (Å²) in [5.74, 6) is -3.29. The maximum absolute atomic E-state index is 12.4. The smallest absolute Gasteiger partial charge is 0.313 e. The fraction of sp³-hybridized carbons (Fsp3) is 0.500. The van der Waals surface area contributed by atoms with Gasteiger partial charge in [0.25, 0.3) is 0 Å². The van der Waals surface area contributed by atoms with Crippen molar-refractivity contribution in [3.05, 3.63) is 29.8 Å². The molecule has 0 saturated carbocycles. The van der Waals surface area contributed by atoms with E-state index in [0.29, 0.717) is 5.69 Å². The second-order valence-electron chi connectivity index (χ2n) is 8.20. The molecular weight excluding hydrogens is 400 g/mol. The molecule has 0 heterocycles. The highest BCUT2D eigenvalue weighted by molar-refractivity contribution is 6.40. The molecule has 0 radical (unpaired) electrons. The van der Waals surface area contributed by atoms with Gasteiger partial charge in [-0.2, -0.15) is 0 Å². The number of nitrogens with one attached hydrogen (secondary N) is 4. The number of hydrogen-bond acceptors (Lipinski definition) is 5. The zero-order valence-corrected chi connectivity index (χ0v) is 18.9. The minimum absolute atomic E-state index is 0.137. The van der Waals surface area contributed by atoms with Crippen molar-refractivity contribution >= 4 is 35.1 Å². The molecule has 1 rings (SSSR count). The normalized spacial score (nSPS) is 12.8. The van der Waals surface area contributed by atoms with Crippen LogP contribution in [0.5, 0.6) is 0 Å². The summed E-state index contributed by atoms with van der Waals surface area (Å²) in [6.45, 7) is 8.96. The molecule has 0 saturated heterocycles. The Balaban J connectivity index is 2.78. The molecule has 0 unspecified atom stereocenters. The van der Waals surface area contributed by atoms with Crippen LogP contribution in [0.2, 0.25) is 0 Å². The van der Waals surface area contributed by atoms with Crippen LogP contribution in [0.1, 0.15) is 53.0 Å². The van der Waals surface area contributed by atoms with Gasteiger partial charge in [0.05, 0.1) is 12.5 Å². The zero-order chi connectivity index (χ0) is 23.8. The lowest BCUT2D eigenvalue weighted by molar-refractivity contribution is -0.138. The number of hydrogen-bond donors (Lipinski definition) is 4. The van der Waals surface area contributed by atoms with Crippen LogP contribution in [-0.4, -0.2) is 48.5 Å². The van der Waals surface area contributed by atoms with Gasteiger partial charge in [0.2, 0.25) is 11.8 Å². The lowest BCUT2D eigenvalue weighted by Crippen LogP contribution is -2.52. The lowest BCUT2D eigenvalue weighted by atomic mass is 9.86. The Kier molecular flexibility index (Phi) is 9.36. The monoisotopic (exact) mass is 432 g/mol. The van der Waals surface area contributed by atoms with Gasteiger partial charge < -0.3 is 21.3 Å². The third-order valence-electron chi connectivity index (χ3n) is 4.65. The number of Topliss-reactive ketones (excluding diaryl/α,β-unsaturated/α-hetero) is 1. The first-order valence-corrected chi connectivity index (χ1v) is 10.2. The van der Waals surface area contributed by atoms with E-state index >= 15 is 0 Å². The number of para-hydroxylation sites is 1.